The van der Waals surface area contributed by atoms with E-state index in [1.165, 1.54) is 0 Å². The second-order valence-corrected chi connectivity index (χ2v) is 9.23. The van der Waals surface area contributed by atoms with Crippen LogP contribution in [0.4, 0.5) is 0 Å². The average molecular weight is 445 g/mol. The van der Waals surface area contributed by atoms with Gasteiger partial charge in [0.2, 0.25) is 11.8 Å². The first-order chi connectivity index (χ1) is 15.1. The molecule has 1 aliphatic carbocycles. The van der Waals surface area contributed by atoms with Gasteiger partial charge in [-0.15, -0.1) is 0 Å². The molecular formula is C22H36BN5O4. The van der Waals surface area contributed by atoms with E-state index >= 15 is 0 Å². The van der Waals surface area contributed by atoms with Crippen LogP contribution in [0.5, 0.6) is 0 Å². The van der Waals surface area contributed by atoms with Gasteiger partial charge in [0.05, 0.1) is 5.94 Å². The lowest BCUT2D eigenvalue weighted by Crippen LogP contribution is -2.58. The molecule has 0 aliphatic heterocycles. The number of hydrogen-bond donors (Lipinski definition) is 6. The summed E-state index contributed by atoms with van der Waals surface area (Å²) in [6, 6.07) is 9.85. The molecule has 2 rings (SSSR count). The van der Waals surface area contributed by atoms with Crippen molar-refractivity contribution in [2.24, 2.45) is 21.9 Å². The Hall–Kier alpha value is -2.59. The van der Waals surface area contributed by atoms with Crippen LogP contribution in [0.3, 0.4) is 0 Å². The van der Waals surface area contributed by atoms with Gasteiger partial charge in [0.25, 0.3) is 0 Å². The molecule has 10 heteroatoms. The molecule has 0 bridgehead atoms. The van der Waals surface area contributed by atoms with E-state index in [9.17, 15) is 19.6 Å². The van der Waals surface area contributed by atoms with E-state index in [4.69, 9.17) is 11.5 Å². The number of nitrogens with two attached hydrogens (primary N) is 2. The molecule has 1 aliphatic rings. The maximum atomic E-state index is 13.4. The molecule has 8 N–H and O–H groups in total. The van der Waals surface area contributed by atoms with Gasteiger partial charge in [-0.1, -0.05) is 43.2 Å². The number of nitrogens with zero attached hydrogens (tertiary/aromatic N) is 1. The fraction of sp³-hybridized carbons (Fsp3) is 0.591. The third kappa shape index (κ3) is 7.24. The maximum Gasteiger partial charge on any atom is 0.475 e. The zero-order chi connectivity index (χ0) is 23.8. The summed E-state index contributed by atoms with van der Waals surface area (Å²) in [6.45, 7) is 4.17. The van der Waals surface area contributed by atoms with E-state index in [1.54, 1.807) is 0 Å². The topological polar surface area (TPSA) is 163 Å². The number of carbonyl (C=O) groups is 2. The van der Waals surface area contributed by atoms with Gasteiger partial charge in [0.1, 0.15) is 5.41 Å². The summed E-state index contributed by atoms with van der Waals surface area (Å²) in [5, 5.41) is 25.2. The van der Waals surface area contributed by atoms with Crippen LogP contribution in [0.1, 0.15) is 57.9 Å². The van der Waals surface area contributed by atoms with Crippen molar-refractivity contribution in [1.82, 2.24) is 10.6 Å². The number of nitrogens with one attached hydrogen (secondary N) is 2. The molecule has 0 saturated heterocycles. The zero-order valence-corrected chi connectivity index (χ0v) is 19.0. The van der Waals surface area contributed by atoms with Crippen molar-refractivity contribution in [3.05, 3.63) is 35.9 Å². The molecule has 9 nitrogen and oxygen atoms in total. The van der Waals surface area contributed by atoms with Gasteiger partial charge >= 0.3 is 7.12 Å². The number of benzene rings is 1. The minimum absolute atomic E-state index is 0.0465. The van der Waals surface area contributed by atoms with Crippen LogP contribution in [0, 0.1) is 5.41 Å². The summed E-state index contributed by atoms with van der Waals surface area (Å²) < 4.78 is 0. The number of hydrogen-bond acceptors (Lipinski definition) is 5. The summed E-state index contributed by atoms with van der Waals surface area (Å²) in [4.78, 5) is 30.5. The molecule has 0 spiro atoms. The van der Waals surface area contributed by atoms with E-state index in [-0.39, 0.29) is 18.3 Å². The zero-order valence-electron chi connectivity index (χ0n) is 19.0. The third-order valence-electron chi connectivity index (χ3n) is 5.91. The SMILES string of the molecule is CC(C)(Cc1ccccc1)NC(=O)C1(C(=O)N[C@@H](CCCN=C(N)N)B(O)O)CCCC1. The average Bonchev–Trinajstić information content (AvgIpc) is 3.21. The minimum atomic E-state index is -1.76. The summed E-state index contributed by atoms with van der Waals surface area (Å²) >= 11 is 0. The van der Waals surface area contributed by atoms with Gasteiger partial charge in [-0.05, 0) is 51.5 Å². The molecule has 176 valence electrons. The predicted octanol–water partition coefficient (Wildman–Crippen LogP) is 0.235. The van der Waals surface area contributed by atoms with Crippen molar-refractivity contribution in [2.45, 2.75) is 70.3 Å². The summed E-state index contributed by atoms with van der Waals surface area (Å²) in [5.74, 6) is -1.75. The van der Waals surface area contributed by atoms with Crippen molar-refractivity contribution < 1.29 is 19.6 Å². The molecule has 0 heterocycles. The second kappa shape index (κ2) is 11.3. The van der Waals surface area contributed by atoms with E-state index in [2.05, 4.69) is 15.6 Å². The van der Waals surface area contributed by atoms with Crippen LogP contribution in [0.2, 0.25) is 0 Å². The highest BCUT2D eigenvalue weighted by Gasteiger charge is 2.49. The Morgan fingerprint density at radius 1 is 1.16 bits per heavy atom. The lowest BCUT2D eigenvalue weighted by atomic mass is 9.75. The van der Waals surface area contributed by atoms with E-state index in [0.29, 0.717) is 32.2 Å². The van der Waals surface area contributed by atoms with Gasteiger partial charge in [-0.25, -0.2) is 0 Å². The Kier molecular flexibility index (Phi) is 9.09. The number of carbonyl (C=O) groups excluding carboxylic acids is 2. The number of amides is 2. The maximum absolute atomic E-state index is 13.4. The van der Waals surface area contributed by atoms with E-state index in [0.717, 1.165) is 18.4 Å². The molecule has 1 aromatic carbocycles. The molecule has 1 fully saturated rings. The molecule has 0 radical (unpaired) electrons. The predicted molar refractivity (Wildman–Crippen MR) is 125 cm³/mol. The highest BCUT2D eigenvalue weighted by atomic mass is 16.4. The summed E-state index contributed by atoms with van der Waals surface area (Å²) in [5.41, 5.74) is 9.91. The second-order valence-electron chi connectivity index (χ2n) is 9.23. The van der Waals surface area contributed by atoms with Gasteiger partial charge in [0.15, 0.2) is 5.96 Å². The number of rotatable bonds is 11. The molecule has 1 aromatic rings. The van der Waals surface area contributed by atoms with Crippen LogP contribution >= 0.6 is 0 Å². The van der Waals surface area contributed by atoms with Crippen molar-refractivity contribution in [2.75, 3.05) is 6.54 Å². The van der Waals surface area contributed by atoms with Crippen molar-refractivity contribution in [1.29, 1.82) is 0 Å². The Morgan fingerprint density at radius 2 is 1.78 bits per heavy atom. The first-order valence-corrected chi connectivity index (χ1v) is 11.1. The lowest BCUT2D eigenvalue weighted by molar-refractivity contribution is -0.144. The van der Waals surface area contributed by atoms with Crippen LogP contribution in [-0.2, 0) is 16.0 Å². The van der Waals surface area contributed by atoms with Crippen molar-refractivity contribution >= 4 is 24.9 Å². The molecule has 1 atom stereocenters. The van der Waals surface area contributed by atoms with Crippen LogP contribution in [0.15, 0.2) is 35.3 Å². The highest BCUT2D eigenvalue weighted by Crippen LogP contribution is 2.39. The van der Waals surface area contributed by atoms with Crippen LogP contribution in [0.25, 0.3) is 0 Å². The molecular weight excluding hydrogens is 409 g/mol. The monoisotopic (exact) mass is 445 g/mol. The first kappa shape index (κ1) is 25.7. The van der Waals surface area contributed by atoms with E-state index in [1.807, 2.05) is 44.2 Å². The Bertz CT molecular complexity index is 791. The quantitative estimate of drug-likeness (QED) is 0.0939. The molecule has 1 saturated carbocycles. The first-order valence-electron chi connectivity index (χ1n) is 11.1. The van der Waals surface area contributed by atoms with Gasteiger partial charge < -0.3 is 32.1 Å². The molecule has 0 aromatic heterocycles. The van der Waals surface area contributed by atoms with Crippen LogP contribution < -0.4 is 22.1 Å². The normalized spacial score (nSPS) is 16.1. The fourth-order valence-corrected chi connectivity index (χ4v) is 4.23. The Morgan fingerprint density at radius 3 is 2.34 bits per heavy atom. The lowest BCUT2D eigenvalue weighted by Gasteiger charge is -2.34. The van der Waals surface area contributed by atoms with E-state index < -0.39 is 29.9 Å². The molecule has 0 unspecified atom stereocenters. The van der Waals surface area contributed by atoms with Crippen LogP contribution in [-0.4, -0.2) is 53.0 Å². The largest absolute Gasteiger partial charge is 0.475 e. The smallest absolute Gasteiger partial charge is 0.426 e. The fourth-order valence-electron chi connectivity index (χ4n) is 4.23. The standard InChI is InChI=1S/C22H36BN5O4/c1-21(2,15-16-9-4-3-5-10-16)28-19(30)22(12-6-7-13-22)18(29)27-17(23(31)32)11-8-14-26-20(24)25/h3-5,9-10,17,31-32H,6-8,11-15H2,1-2H3,(H,27,29)(H,28,30)(H4,24,25,26)/t17-/m0/s1. The van der Waals surface area contributed by atoms with Gasteiger partial charge in [0, 0.05) is 12.1 Å². The van der Waals surface area contributed by atoms with Crippen molar-refractivity contribution in [3.63, 3.8) is 0 Å². The summed E-state index contributed by atoms with van der Waals surface area (Å²) in [7, 11) is -1.76. The highest BCUT2D eigenvalue weighted by molar-refractivity contribution is 6.43. The van der Waals surface area contributed by atoms with Gasteiger partial charge in [-0.3, -0.25) is 14.6 Å². The Labute approximate surface area is 190 Å². The molecule has 2 amide bonds. The summed E-state index contributed by atoms with van der Waals surface area (Å²) in [6.07, 6.45) is 3.71. The number of aliphatic imine (C=N–C) groups is 1. The molecule has 32 heavy (non-hydrogen) atoms. The Balaban J connectivity index is 2.07. The van der Waals surface area contributed by atoms with Crippen molar-refractivity contribution in [3.8, 4) is 0 Å². The minimum Gasteiger partial charge on any atom is -0.426 e. The number of guanidine groups is 1. The third-order valence-corrected chi connectivity index (χ3v) is 5.91. The van der Waals surface area contributed by atoms with Gasteiger partial charge in [-0.2, -0.15) is 0 Å².